The van der Waals surface area contributed by atoms with Crippen molar-refractivity contribution in [3.8, 4) is 23.0 Å². The van der Waals surface area contributed by atoms with E-state index in [-0.39, 0.29) is 56.0 Å². The Morgan fingerprint density at radius 1 is 0.543 bits per heavy atom. The molecule has 0 spiro atoms. The van der Waals surface area contributed by atoms with Crippen molar-refractivity contribution in [2.24, 2.45) is 4.40 Å². The van der Waals surface area contributed by atoms with Crippen molar-refractivity contribution in [3.63, 3.8) is 0 Å². The number of nitrogens with zero attached hydrogens (tertiary/aromatic N) is 1. The maximum atomic E-state index is 15.9. The maximum Gasteiger partial charge on any atom is 0.461 e. The molecule has 81 heavy (non-hydrogen) atoms. The van der Waals surface area contributed by atoms with Crippen LogP contribution in [0.25, 0.3) is 0 Å². The molecular weight excluding hydrogens is 1160 g/mol. The zero-order valence-electron chi connectivity index (χ0n) is 47.9. The van der Waals surface area contributed by atoms with Crippen molar-refractivity contribution in [2.75, 3.05) is 0 Å². The summed E-state index contributed by atoms with van der Waals surface area (Å²) in [5.74, 6) is -5.50. The smallest absolute Gasteiger partial charge is 0.461 e. The minimum atomic E-state index is -4.91. The lowest BCUT2D eigenvalue weighted by Gasteiger charge is -2.39. The first-order chi connectivity index (χ1) is 36.7. The van der Waals surface area contributed by atoms with Crippen molar-refractivity contribution in [1.82, 2.24) is 4.72 Å². The molecule has 0 saturated carbocycles. The van der Waals surface area contributed by atoms with Gasteiger partial charge in [0.25, 0.3) is 16.6 Å². The molecule has 1 N–H and O–H groups in total. The van der Waals surface area contributed by atoms with Crippen LogP contribution < -0.4 is 23.0 Å². The van der Waals surface area contributed by atoms with Gasteiger partial charge in [0.15, 0.2) is 11.6 Å². The van der Waals surface area contributed by atoms with Crippen LogP contribution in [0.5, 0.6) is 23.0 Å². The van der Waals surface area contributed by atoms with Crippen LogP contribution in [-0.2, 0) is 33.9 Å². The third-order valence-electron chi connectivity index (χ3n) is 13.3. The van der Waals surface area contributed by atoms with Crippen LogP contribution in [0.2, 0.25) is 36.3 Å². The highest BCUT2D eigenvalue weighted by Gasteiger charge is 2.47. The Balaban J connectivity index is 0.000000354. The van der Waals surface area contributed by atoms with Gasteiger partial charge in [0, 0.05) is 23.3 Å². The van der Waals surface area contributed by atoms with Crippen LogP contribution in [0.4, 0.5) is 52.7 Å². The second-order valence-corrected chi connectivity index (χ2v) is 37.5. The lowest BCUT2D eigenvalue weighted by Crippen LogP contribution is -2.50. The van der Waals surface area contributed by atoms with Gasteiger partial charge in [-0.25, -0.2) is 30.7 Å². The van der Waals surface area contributed by atoms with E-state index in [4.69, 9.17) is 8.85 Å². The number of rotatable bonds is 19. The van der Waals surface area contributed by atoms with Crippen LogP contribution in [0, 0.1) is 23.3 Å². The molecule has 0 aliphatic rings. The van der Waals surface area contributed by atoms with E-state index in [1.165, 1.54) is 24.3 Å². The number of halogens is 12. The van der Waals surface area contributed by atoms with E-state index in [1.807, 2.05) is 67.7 Å². The van der Waals surface area contributed by atoms with Gasteiger partial charge in [0.1, 0.15) is 45.6 Å². The van der Waals surface area contributed by atoms with Gasteiger partial charge in [0.05, 0.1) is 31.7 Å². The summed E-state index contributed by atoms with van der Waals surface area (Å²) < 4.78 is 219. The first-order valence-electron chi connectivity index (χ1n) is 25.3. The molecule has 0 heterocycles. The van der Waals surface area contributed by atoms with Crippen LogP contribution in [-0.4, -0.2) is 65.3 Å². The zero-order chi connectivity index (χ0) is 61.9. The van der Waals surface area contributed by atoms with Gasteiger partial charge in [-0.3, -0.25) is 0 Å². The molecule has 1 unspecified atom stereocenters. The van der Waals surface area contributed by atoms with Gasteiger partial charge >= 0.3 is 25.1 Å². The molecule has 24 heteroatoms. The summed E-state index contributed by atoms with van der Waals surface area (Å²) in [6, 6.07) is 21.3. The van der Waals surface area contributed by atoms with Gasteiger partial charge < -0.3 is 18.3 Å². The maximum absolute atomic E-state index is 15.9. The van der Waals surface area contributed by atoms with Crippen molar-refractivity contribution < 1.29 is 79.4 Å². The van der Waals surface area contributed by atoms with Crippen LogP contribution in [0.15, 0.2) is 108 Å². The number of hydrogen-bond acceptors (Lipinski definition) is 6. The number of benzene rings is 5. The molecule has 0 aromatic heterocycles. The summed E-state index contributed by atoms with van der Waals surface area (Å²) in [5, 5.41) is -0.510. The van der Waals surface area contributed by atoms with Gasteiger partial charge in [-0.1, -0.05) is 77.9 Å². The molecule has 0 fully saturated rings. The zero-order valence-corrected chi connectivity index (χ0v) is 51.6. The molecule has 0 amide bonds. The average Bonchev–Trinajstić information content (AvgIpc) is 3.30. The molecule has 3 atom stereocenters. The van der Waals surface area contributed by atoms with Gasteiger partial charge in [-0.15, -0.1) is 0 Å². The lowest BCUT2D eigenvalue weighted by molar-refractivity contribution is -0.253. The van der Waals surface area contributed by atoms with Crippen molar-refractivity contribution >= 4 is 44.3 Å². The van der Waals surface area contributed by atoms with E-state index in [9.17, 15) is 52.3 Å². The standard InChI is InChI=1S/C32H39F6NO3SSi.C25H31F6NO3SSi/c1-29(2,3)43(40)39-31(20-21-12-10-9-11-13-21,23-16-24(33)19-25(17-23)41-32(37,38)28(35)36)22-14-15-27(26(34)18-22)42-44(7,8)30(4,5)6;1-23(2,3)36(33)32-21(16-11-17(26)14-18(12-16)34-25(30,31)22(28)29)15-9-10-19(27)20(13-15)35-37(7,8)24(4,5)6/h9-19,28,39H,20H2,1-8H3;9-14,22H,1-8H3/t31?,43-;36-/m11/s1. The van der Waals surface area contributed by atoms with Crippen molar-refractivity contribution in [2.45, 2.75) is 166 Å². The highest BCUT2D eigenvalue weighted by atomic mass is 32.2. The monoisotopic (exact) mass is 1230 g/mol. The normalized spacial score (nSPS) is 14.9. The highest BCUT2D eigenvalue weighted by molar-refractivity contribution is 7.85. The Morgan fingerprint density at radius 2 is 1.04 bits per heavy atom. The molecule has 8 nitrogen and oxygen atoms in total. The molecule has 5 aromatic rings. The summed E-state index contributed by atoms with van der Waals surface area (Å²) in [7, 11) is -8.78. The Hall–Kier alpha value is -5.18. The summed E-state index contributed by atoms with van der Waals surface area (Å²) in [6.45, 7) is 29.6. The van der Waals surface area contributed by atoms with Crippen LogP contribution in [0.1, 0.15) is 111 Å². The predicted molar refractivity (Wildman–Crippen MR) is 300 cm³/mol. The van der Waals surface area contributed by atoms with E-state index in [2.05, 4.69) is 18.6 Å². The molecule has 0 radical (unpaired) electrons. The molecule has 5 aromatic carbocycles. The van der Waals surface area contributed by atoms with Gasteiger partial charge in [0.2, 0.25) is 0 Å². The highest BCUT2D eigenvalue weighted by Crippen LogP contribution is 2.43. The fourth-order valence-corrected chi connectivity index (χ4v) is 10.3. The third-order valence-corrected chi connectivity index (χ3v) is 25.1. The second-order valence-electron chi connectivity index (χ2n) is 24.1. The molecule has 0 saturated heterocycles. The second kappa shape index (κ2) is 25.4. The van der Waals surface area contributed by atoms with E-state index >= 15 is 8.78 Å². The first kappa shape index (κ1) is 68.3. The topological polar surface area (TPSA) is 95.5 Å². The van der Waals surface area contributed by atoms with E-state index in [1.54, 1.807) is 71.9 Å². The average molecular weight is 1230 g/mol. The summed E-state index contributed by atoms with van der Waals surface area (Å²) in [5.41, 5.74) is -1.23. The predicted octanol–water partition coefficient (Wildman–Crippen LogP) is 17.0. The molecule has 0 aliphatic carbocycles. The minimum Gasteiger partial charge on any atom is -0.542 e. The fourth-order valence-electron chi connectivity index (χ4n) is 6.69. The van der Waals surface area contributed by atoms with Crippen molar-refractivity contribution in [1.29, 1.82) is 0 Å². The Kier molecular flexibility index (Phi) is 21.4. The largest absolute Gasteiger partial charge is 0.542 e. The molecule has 448 valence electrons. The third kappa shape index (κ3) is 17.9. The number of ether oxygens (including phenoxy) is 2. The summed E-state index contributed by atoms with van der Waals surface area (Å²) in [6.07, 6.45) is -18.2. The quantitative estimate of drug-likeness (QED) is 0.0503. The van der Waals surface area contributed by atoms with Crippen molar-refractivity contribution in [3.05, 3.63) is 154 Å². The SMILES string of the molecule is CC(C)(C)[S@@](=O)N=C(c1cc(F)cc(OC(F)(F)C(F)F)c1)c1ccc(F)c(O[Si](C)(C)C(C)(C)C)c1.CC(C)(C)[S@@](=O)NC(Cc1ccccc1)(c1cc(F)cc(OC(F)(F)C(F)F)c1)c1ccc(O[Si](C)(C)C(C)(C)C)c(F)c1. The first-order valence-corrected chi connectivity index (χ1v) is 33.3. The van der Waals surface area contributed by atoms with Crippen LogP contribution >= 0.6 is 0 Å². The Bertz CT molecular complexity index is 3070. The minimum absolute atomic E-state index is 0.00858. The molecular formula is C57H70F12N2O6S2Si2. The van der Waals surface area contributed by atoms with E-state index in [0.717, 1.165) is 36.4 Å². The number of nitrogens with one attached hydrogen (secondary N) is 1. The number of alkyl halides is 8. The summed E-state index contributed by atoms with van der Waals surface area (Å²) in [4.78, 5) is 0. The lowest BCUT2D eigenvalue weighted by atomic mass is 9.78. The Labute approximate surface area is 473 Å². The van der Waals surface area contributed by atoms with Gasteiger partial charge in [-0.2, -0.15) is 39.5 Å². The Morgan fingerprint density at radius 3 is 1.51 bits per heavy atom. The van der Waals surface area contributed by atoms with Crippen LogP contribution in [0.3, 0.4) is 0 Å². The molecule has 0 bridgehead atoms. The summed E-state index contributed by atoms with van der Waals surface area (Å²) >= 11 is 0. The van der Waals surface area contributed by atoms with E-state index < -0.39 is 113 Å². The molecule has 0 aliphatic heterocycles. The van der Waals surface area contributed by atoms with E-state index in [0.29, 0.717) is 17.7 Å². The fraction of sp³-hybridized carbons (Fsp3) is 0.456. The van der Waals surface area contributed by atoms with Gasteiger partial charge in [-0.05, 0) is 156 Å². The number of hydrogen-bond donors (Lipinski definition) is 1. The molecule has 5 rings (SSSR count).